The average Bonchev–Trinajstić information content (AvgIpc) is 2.55. The van der Waals surface area contributed by atoms with Gasteiger partial charge in [0.2, 0.25) is 0 Å². The van der Waals surface area contributed by atoms with Crippen LogP contribution in [0.25, 0.3) is 0 Å². The van der Waals surface area contributed by atoms with E-state index in [0.29, 0.717) is 18.8 Å². The summed E-state index contributed by atoms with van der Waals surface area (Å²) in [6.45, 7) is 11.9. The molecule has 11 heteroatoms. The summed E-state index contributed by atoms with van der Waals surface area (Å²) in [6, 6.07) is 1.33. The van der Waals surface area contributed by atoms with Crippen LogP contribution in [-0.2, 0) is 17.8 Å². The molecule has 0 aliphatic carbocycles. The molecule has 0 aromatic carbocycles. The van der Waals surface area contributed by atoms with Crippen LogP contribution in [0.3, 0.4) is 0 Å². The van der Waals surface area contributed by atoms with Crippen molar-refractivity contribution >= 4 is 37.5 Å². The van der Waals surface area contributed by atoms with Crippen molar-refractivity contribution in [2.24, 2.45) is 5.92 Å². The highest BCUT2D eigenvalue weighted by molar-refractivity contribution is 6.88. The molecule has 0 saturated carbocycles. The van der Waals surface area contributed by atoms with Crippen molar-refractivity contribution in [1.29, 1.82) is 0 Å². The van der Waals surface area contributed by atoms with Crippen molar-refractivity contribution in [1.82, 2.24) is 0 Å². The summed E-state index contributed by atoms with van der Waals surface area (Å²) in [6.07, 6.45) is -1.89. The molecule has 0 aliphatic heterocycles. The molecule has 5 nitrogen and oxygen atoms in total. The van der Waals surface area contributed by atoms with Crippen LogP contribution in [0.5, 0.6) is 0 Å². The van der Waals surface area contributed by atoms with Crippen LogP contribution in [0.1, 0.15) is 45.4 Å². The van der Waals surface area contributed by atoms with Gasteiger partial charge in [0.15, 0.2) is 16.6 Å². The van der Waals surface area contributed by atoms with Crippen molar-refractivity contribution in [2.75, 3.05) is 0 Å². The monoisotopic (exact) mass is 488 g/mol. The van der Waals surface area contributed by atoms with Gasteiger partial charge < -0.3 is 18.1 Å². The summed E-state index contributed by atoms with van der Waals surface area (Å²) in [4.78, 5) is 21.9. The molecule has 0 amide bonds. The molecule has 0 rings (SSSR count). The van der Waals surface area contributed by atoms with Gasteiger partial charge in [-0.2, -0.15) is 13.2 Å². The summed E-state index contributed by atoms with van der Waals surface area (Å²) in [5.41, 5.74) is 0. The summed E-state index contributed by atoms with van der Waals surface area (Å²) >= 11 is 0. The fourth-order valence-electron chi connectivity index (χ4n) is 3.75. The molecule has 0 saturated heterocycles. The van der Waals surface area contributed by atoms with Crippen molar-refractivity contribution in [3.05, 3.63) is 0 Å². The van der Waals surface area contributed by atoms with Gasteiger partial charge in [-0.15, -0.1) is 0 Å². The molecular weight excluding hydrogens is 449 g/mol. The Morgan fingerprint density at radius 2 is 1.63 bits per heavy atom. The fourth-order valence-corrected chi connectivity index (χ4v) is 18.8. The van der Waals surface area contributed by atoms with E-state index in [0.717, 1.165) is 18.9 Å². The number of aliphatic carboxylic acids is 1. The van der Waals surface area contributed by atoms with Crippen molar-refractivity contribution in [3.8, 4) is 0 Å². The lowest BCUT2D eigenvalue weighted by Crippen LogP contribution is -2.53. The number of hydrogen-bond acceptors (Lipinski definition) is 4. The smallest absolute Gasteiger partial charge is 0.388 e. The third-order valence-corrected chi connectivity index (χ3v) is 17.5. The minimum atomic E-state index is -4.26. The Labute approximate surface area is 182 Å². The highest BCUT2D eigenvalue weighted by Gasteiger charge is 2.43. The number of aldehydes is 1. The Bertz CT molecular complexity index is 544. The molecule has 1 N–H and O–H groups in total. The maximum absolute atomic E-state index is 12.9. The molecule has 30 heavy (non-hydrogen) atoms. The first-order valence-corrected chi connectivity index (χ1v) is 19.4. The van der Waals surface area contributed by atoms with E-state index in [1.165, 1.54) is 0 Å². The Kier molecular flexibility index (Phi) is 12.3. The van der Waals surface area contributed by atoms with Crippen LogP contribution in [0.2, 0.25) is 50.9 Å². The van der Waals surface area contributed by atoms with E-state index in [9.17, 15) is 27.9 Å². The van der Waals surface area contributed by atoms with Gasteiger partial charge in [-0.05, 0) is 57.3 Å². The van der Waals surface area contributed by atoms with Gasteiger partial charge in [0.1, 0.15) is 6.29 Å². The third kappa shape index (κ3) is 13.7. The second-order valence-electron chi connectivity index (χ2n) is 9.36. The molecule has 0 spiro atoms. The average molecular weight is 489 g/mol. The number of halogens is 3. The van der Waals surface area contributed by atoms with Crippen LogP contribution >= 0.6 is 0 Å². The zero-order valence-corrected chi connectivity index (χ0v) is 22.2. The normalized spacial score (nSPS) is 16.2. The van der Waals surface area contributed by atoms with E-state index >= 15 is 0 Å². The minimum absolute atomic E-state index is 0.0708. The maximum Gasteiger partial charge on any atom is 0.388 e. The first-order valence-electron chi connectivity index (χ1n) is 10.7. The number of rotatable bonds is 16. The number of carbonyl (C=O) groups excluding carboxylic acids is 1. The number of unbranched alkanes of at least 4 members (excludes halogenated alkanes) is 1. The van der Waals surface area contributed by atoms with E-state index in [4.69, 9.17) is 8.23 Å². The molecule has 2 unspecified atom stereocenters. The summed E-state index contributed by atoms with van der Waals surface area (Å²) < 4.78 is 51.6. The van der Waals surface area contributed by atoms with Crippen LogP contribution < -0.4 is 0 Å². The predicted octanol–water partition coefficient (Wildman–Crippen LogP) is 6.32. The first kappa shape index (κ1) is 29.5. The Balaban J connectivity index is 5.24. The highest BCUT2D eigenvalue weighted by atomic mass is 28.5. The van der Waals surface area contributed by atoms with Crippen LogP contribution in [0.15, 0.2) is 0 Å². The van der Waals surface area contributed by atoms with E-state index in [-0.39, 0.29) is 18.9 Å². The second-order valence-corrected chi connectivity index (χ2v) is 21.7. The highest BCUT2D eigenvalue weighted by Crippen LogP contribution is 2.34. The molecule has 0 aromatic rings. The van der Waals surface area contributed by atoms with E-state index in [2.05, 4.69) is 20.0 Å². The molecule has 2 atom stereocenters. The SMILES string of the molecule is CCCC[Si](C)(C)O[Si](C)(C)O[Si](C)(CCCC(CC=O)C(=O)O)CCC(F)(F)F. The zero-order valence-electron chi connectivity index (χ0n) is 19.2. The van der Waals surface area contributed by atoms with E-state index in [1.807, 2.05) is 13.1 Å². The predicted molar refractivity (Wildman–Crippen MR) is 120 cm³/mol. The number of hydrogen-bond donors (Lipinski definition) is 1. The second kappa shape index (κ2) is 12.5. The van der Waals surface area contributed by atoms with Crippen LogP contribution in [0.4, 0.5) is 13.2 Å². The summed E-state index contributed by atoms with van der Waals surface area (Å²) in [5.74, 6) is -1.85. The van der Waals surface area contributed by atoms with Crippen LogP contribution in [-0.4, -0.2) is 48.7 Å². The number of alkyl halides is 3. The zero-order chi connectivity index (χ0) is 23.6. The van der Waals surface area contributed by atoms with Crippen molar-refractivity contribution in [3.63, 3.8) is 0 Å². The maximum atomic E-state index is 12.9. The van der Waals surface area contributed by atoms with Gasteiger partial charge >= 0.3 is 20.7 Å². The van der Waals surface area contributed by atoms with E-state index in [1.54, 1.807) is 6.55 Å². The van der Waals surface area contributed by atoms with E-state index < -0.39 is 49.7 Å². The van der Waals surface area contributed by atoms with Crippen molar-refractivity contribution in [2.45, 2.75) is 102 Å². The number of carboxylic acids is 1. The Morgan fingerprint density at radius 1 is 1.03 bits per heavy atom. The minimum Gasteiger partial charge on any atom is -0.481 e. The van der Waals surface area contributed by atoms with Gasteiger partial charge in [0.25, 0.3) is 0 Å². The molecule has 178 valence electrons. The summed E-state index contributed by atoms with van der Waals surface area (Å²) in [7, 11) is -7.42. The number of carboxylic acid groups (broad SMARTS) is 1. The third-order valence-electron chi connectivity index (χ3n) is 5.07. The Morgan fingerprint density at radius 3 is 2.10 bits per heavy atom. The molecular formula is C19H39F3O5Si3. The molecule has 0 radical (unpaired) electrons. The van der Waals surface area contributed by atoms with Gasteiger partial charge in [0.05, 0.1) is 5.92 Å². The standard InChI is InChI=1S/C19H39F3O5Si3/c1-7-8-14-28(2,3)26-29(4,5)27-30(6,16-12-19(20,21)22)15-9-10-17(11-13-23)18(24)25/h13,17H,7-12,14-16H2,1-6H3,(H,24,25). The lowest BCUT2D eigenvalue weighted by atomic mass is 10.0. The van der Waals surface area contributed by atoms with Gasteiger partial charge in [-0.1, -0.05) is 26.2 Å². The Hall–Kier alpha value is -0.499. The molecule has 0 heterocycles. The molecule has 0 aliphatic rings. The number of carbonyl (C=O) groups is 2. The topological polar surface area (TPSA) is 72.8 Å². The lowest BCUT2D eigenvalue weighted by Gasteiger charge is -2.40. The van der Waals surface area contributed by atoms with Gasteiger partial charge in [0, 0.05) is 12.8 Å². The first-order chi connectivity index (χ1) is 13.5. The van der Waals surface area contributed by atoms with Crippen molar-refractivity contribution < 1.29 is 36.1 Å². The van der Waals surface area contributed by atoms with Crippen LogP contribution in [0, 0.1) is 5.92 Å². The summed E-state index contributed by atoms with van der Waals surface area (Å²) in [5, 5.41) is 9.19. The largest absolute Gasteiger partial charge is 0.481 e. The van der Waals surface area contributed by atoms with Gasteiger partial charge in [-0.3, -0.25) is 4.79 Å². The molecule has 0 fully saturated rings. The van der Waals surface area contributed by atoms with Gasteiger partial charge in [-0.25, -0.2) is 0 Å². The molecule has 0 aromatic heterocycles. The quantitative estimate of drug-likeness (QED) is 0.203. The molecule has 0 bridgehead atoms. The fraction of sp³-hybridized carbons (Fsp3) is 0.895. The lowest BCUT2D eigenvalue weighted by molar-refractivity contribution is -0.143.